The van der Waals surface area contributed by atoms with Gasteiger partial charge in [0.25, 0.3) is 11.5 Å². The molecular weight excluding hydrogens is 364 g/mol. The summed E-state index contributed by atoms with van der Waals surface area (Å²) in [7, 11) is 1.58. The van der Waals surface area contributed by atoms with Crippen molar-refractivity contribution in [2.45, 2.75) is 25.9 Å². The van der Waals surface area contributed by atoms with Crippen molar-refractivity contribution in [1.82, 2.24) is 9.88 Å². The molecule has 150 valence electrons. The minimum atomic E-state index is -0.190. The Morgan fingerprint density at radius 2 is 1.69 bits per heavy atom. The van der Waals surface area contributed by atoms with Crippen LogP contribution in [0.15, 0.2) is 77.7 Å². The minimum absolute atomic E-state index is 0.0376. The molecule has 0 saturated carbocycles. The summed E-state index contributed by atoms with van der Waals surface area (Å²) in [5.74, 6) is -0.190. The van der Waals surface area contributed by atoms with Gasteiger partial charge < -0.3 is 14.6 Å². The van der Waals surface area contributed by atoms with Crippen LogP contribution >= 0.6 is 0 Å². The highest BCUT2D eigenvalue weighted by Gasteiger charge is 2.12. The van der Waals surface area contributed by atoms with Gasteiger partial charge in [-0.2, -0.15) is 0 Å². The highest BCUT2D eigenvalue weighted by molar-refractivity contribution is 5.94. The Morgan fingerprint density at radius 3 is 2.38 bits per heavy atom. The summed E-state index contributed by atoms with van der Waals surface area (Å²) in [6.07, 6.45) is 2.31. The van der Waals surface area contributed by atoms with Crippen LogP contribution in [0, 0.1) is 0 Å². The number of pyridine rings is 1. The van der Waals surface area contributed by atoms with Crippen LogP contribution in [-0.4, -0.2) is 30.2 Å². The predicted octanol–water partition coefficient (Wildman–Crippen LogP) is 3.52. The number of hydrogen-bond acceptors (Lipinski definition) is 3. The van der Waals surface area contributed by atoms with Crippen molar-refractivity contribution in [2.24, 2.45) is 0 Å². The van der Waals surface area contributed by atoms with Crippen LogP contribution in [0.2, 0.25) is 0 Å². The Hall–Kier alpha value is -3.18. The first-order valence-corrected chi connectivity index (χ1v) is 9.71. The molecule has 1 unspecified atom stereocenters. The van der Waals surface area contributed by atoms with E-state index in [1.54, 1.807) is 19.4 Å². The second kappa shape index (κ2) is 9.85. The molecule has 0 radical (unpaired) electrons. The SMILES string of the molecule is COCCn1cc(C(=O)NC(C)Cc2ccc(-c3ccccc3)cc2)ccc1=O. The molecule has 3 aromatic rings. The standard InChI is InChI=1S/C24H26N2O3/c1-18(16-19-8-10-21(11-9-19)20-6-4-3-5-7-20)25-24(28)22-12-13-23(27)26(17-22)14-15-29-2/h3-13,17-18H,14-16H2,1-2H3,(H,25,28). The summed E-state index contributed by atoms with van der Waals surface area (Å²) in [5.41, 5.74) is 3.83. The molecule has 3 rings (SSSR count). The smallest absolute Gasteiger partial charge is 0.252 e. The van der Waals surface area contributed by atoms with Crippen molar-refractivity contribution >= 4 is 5.91 Å². The van der Waals surface area contributed by atoms with Crippen LogP contribution in [0.3, 0.4) is 0 Å². The zero-order chi connectivity index (χ0) is 20.6. The fourth-order valence-corrected chi connectivity index (χ4v) is 3.21. The van der Waals surface area contributed by atoms with Gasteiger partial charge in [-0.05, 0) is 36.1 Å². The molecule has 2 aromatic carbocycles. The number of carbonyl (C=O) groups is 1. The topological polar surface area (TPSA) is 60.3 Å². The van der Waals surface area contributed by atoms with Crippen molar-refractivity contribution in [3.8, 4) is 11.1 Å². The number of ether oxygens (including phenoxy) is 1. The third kappa shape index (κ3) is 5.65. The molecule has 1 N–H and O–H groups in total. The third-order valence-electron chi connectivity index (χ3n) is 4.76. The highest BCUT2D eigenvalue weighted by Crippen LogP contribution is 2.19. The fraction of sp³-hybridized carbons (Fsp3) is 0.250. The van der Waals surface area contributed by atoms with E-state index in [4.69, 9.17) is 4.74 Å². The monoisotopic (exact) mass is 390 g/mol. The number of hydrogen-bond donors (Lipinski definition) is 1. The summed E-state index contributed by atoms with van der Waals surface area (Å²) in [6, 6.07) is 21.6. The Balaban J connectivity index is 1.61. The van der Waals surface area contributed by atoms with Crippen LogP contribution in [-0.2, 0) is 17.7 Å². The second-order valence-electron chi connectivity index (χ2n) is 7.08. The van der Waals surface area contributed by atoms with Gasteiger partial charge in [0.1, 0.15) is 0 Å². The van der Waals surface area contributed by atoms with E-state index in [9.17, 15) is 9.59 Å². The molecule has 1 amide bonds. The van der Waals surface area contributed by atoms with E-state index in [1.807, 2.05) is 25.1 Å². The van der Waals surface area contributed by atoms with E-state index in [1.165, 1.54) is 21.8 Å². The molecule has 5 nitrogen and oxygen atoms in total. The fourth-order valence-electron chi connectivity index (χ4n) is 3.21. The largest absolute Gasteiger partial charge is 0.383 e. The van der Waals surface area contributed by atoms with Gasteiger partial charge in [0.15, 0.2) is 0 Å². The third-order valence-corrected chi connectivity index (χ3v) is 4.76. The Labute approximate surface area is 171 Å². The van der Waals surface area contributed by atoms with Crippen LogP contribution < -0.4 is 10.9 Å². The molecule has 0 aliphatic heterocycles. The summed E-state index contributed by atoms with van der Waals surface area (Å²) < 4.78 is 6.50. The Morgan fingerprint density at radius 1 is 1.00 bits per heavy atom. The number of amides is 1. The van der Waals surface area contributed by atoms with Gasteiger partial charge in [-0.1, -0.05) is 54.6 Å². The summed E-state index contributed by atoms with van der Waals surface area (Å²) in [4.78, 5) is 24.4. The molecule has 1 atom stereocenters. The lowest BCUT2D eigenvalue weighted by molar-refractivity contribution is 0.0939. The summed E-state index contributed by atoms with van der Waals surface area (Å²) in [5, 5.41) is 3.01. The van der Waals surface area contributed by atoms with Gasteiger partial charge in [0.2, 0.25) is 0 Å². The zero-order valence-electron chi connectivity index (χ0n) is 16.8. The number of nitrogens with one attached hydrogen (secondary N) is 1. The number of nitrogens with zero attached hydrogens (tertiary/aromatic N) is 1. The van der Waals surface area contributed by atoms with Crippen molar-refractivity contribution in [1.29, 1.82) is 0 Å². The number of methoxy groups -OCH3 is 1. The van der Waals surface area contributed by atoms with E-state index in [2.05, 4.69) is 41.7 Å². The van der Waals surface area contributed by atoms with E-state index >= 15 is 0 Å². The Kier molecular flexibility index (Phi) is 6.98. The van der Waals surface area contributed by atoms with Crippen LogP contribution in [0.4, 0.5) is 0 Å². The minimum Gasteiger partial charge on any atom is -0.383 e. The normalized spacial score (nSPS) is 11.8. The van der Waals surface area contributed by atoms with E-state index in [-0.39, 0.29) is 17.5 Å². The molecule has 0 aliphatic carbocycles. The lowest BCUT2D eigenvalue weighted by atomic mass is 10.0. The zero-order valence-corrected chi connectivity index (χ0v) is 16.8. The average Bonchev–Trinajstić information content (AvgIpc) is 2.74. The number of carbonyl (C=O) groups excluding carboxylic acids is 1. The van der Waals surface area contributed by atoms with Crippen molar-refractivity contribution < 1.29 is 9.53 Å². The molecule has 5 heteroatoms. The van der Waals surface area contributed by atoms with Gasteiger partial charge in [-0.15, -0.1) is 0 Å². The van der Waals surface area contributed by atoms with E-state index in [0.29, 0.717) is 18.7 Å². The summed E-state index contributed by atoms with van der Waals surface area (Å²) in [6.45, 7) is 2.81. The molecule has 0 saturated heterocycles. The maximum absolute atomic E-state index is 12.6. The van der Waals surface area contributed by atoms with Crippen molar-refractivity contribution in [2.75, 3.05) is 13.7 Å². The van der Waals surface area contributed by atoms with Gasteiger partial charge in [0.05, 0.1) is 12.2 Å². The molecular formula is C24H26N2O3. The number of benzene rings is 2. The maximum atomic E-state index is 12.6. The molecule has 0 aliphatic rings. The van der Waals surface area contributed by atoms with Gasteiger partial charge in [-0.25, -0.2) is 0 Å². The molecule has 1 heterocycles. The quantitative estimate of drug-likeness (QED) is 0.640. The maximum Gasteiger partial charge on any atom is 0.252 e. The molecule has 0 spiro atoms. The molecule has 0 bridgehead atoms. The van der Waals surface area contributed by atoms with Gasteiger partial charge in [0, 0.05) is 32.0 Å². The van der Waals surface area contributed by atoms with Crippen molar-refractivity contribution in [3.05, 3.63) is 94.4 Å². The molecule has 0 fully saturated rings. The lowest BCUT2D eigenvalue weighted by Gasteiger charge is -2.15. The second-order valence-corrected chi connectivity index (χ2v) is 7.08. The van der Waals surface area contributed by atoms with Crippen LogP contribution in [0.1, 0.15) is 22.8 Å². The summed E-state index contributed by atoms with van der Waals surface area (Å²) >= 11 is 0. The van der Waals surface area contributed by atoms with Crippen LogP contribution in [0.25, 0.3) is 11.1 Å². The Bertz CT molecular complexity index is 995. The van der Waals surface area contributed by atoms with E-state index < -0.39 is 0 Å². The highest BCUT2D eigenvalue weighted by atomic mass is 16.5. The average molecular weight is 390 g/mol. The lowest BCUT2D eigenvalue weighted by Crippen LogP contribution is -2.35. The predicted molar refractivity (Wildman–Crippen MR) is 115 cm³/mol. The number of aromatic nitrogens is 1. The first-order chi connectivity index (χ1) is 14.1. The van der Waals surface area contributed by atoms with Crippen molar-refractivity contribution in [3.63, 3.8) is 0 Å². The molecule has 29 heavy (non-hydrogen) atoms. The van der Waals surface area contributed by atoms with E-state index in [0.717, 1.165) is 12.0 Å². The first kappa shape index (κ1) is 20.6. The van der Waals surface area contributed by atoms with Crippen LogP contribution in [0.5, 0.6) is 0 Å². The first-order valence-electron chi connectivity index (χ1n) is 9.71. The van der Waals surface area contributed by atoms with Gasteiger partial charge >= 0.3 is 0 Å². The molecule has 1 aromatic heterocycles. The number of rotatable bonds is 8. The van der Waals surface area contributed by atoms with Gasteiger partial charge in [-0.3, -0.25) is 9.59 Å².